The number of aliphatic hydroxyl groups excluding tert-OH is 1. The minimum absolute atomic E-state index is 0.0881. The molecule has 0 unspecified atom stereocenters. The van der Waals surface area contributed by atoms with E-state index in [-0.39, 0.29) is 30.7 Å². The maximum Gasteiger partial charge on any atom is 0.254 e. The molecule has 3 atom stereocenters. The zero-order valence-electron chi connectivity index (χ0n) is 14.8. The van der Waals surface area contributed by atoms with Gasteiger partial charge in [0.1, 0.15) is 0 Å². The van der Waals surface area contributed by atoms with Gasteiger partial charge in [-0.25, -0.2) is 9.97 Å². The number of nitrogens with zero attached hydrogens (tertiary/aromatic N) is 3. The molecule has 3 rings (SSSR count). The summed E-state index contributed by atoms with van der Waals surface area (Å²) in [5.74, 6) is 0.380. The van der Waals surface area contributed by atoms with Gasteiger partial charge in [0.05, 0.1) is 18.3 Å². The van der Waals surface area contributed by atoms with Crippen molar-refractivity contribution in [1.82, 2.24) is 20.2 Å². The van der Waals surface area contributed by atoms with Crippen molar-refractivity contribution in [3.63, 3.8) is 0 Å². The van der Waals surface area contributed by atoms with Crippen molar-refractivity contribution in [2.24, 2.45) is 0 Å². The van der Waals surface area contributed by atoms with Crippen LogP contribution in [0, 0.1) is 0 Å². The van der Waals surface area contributed by atoms with Crippen LogP contribution in [0.5, 0.6) is 0 Å². The molecule has 0 aromatic carbocycles. The normalized spacial score (nSPS) is 26.5. The number of hydrogen-bond acceptors (Lipinski definition) is 7. The third-order valence-corrected chi connectivity index (χ3v) is 4.61. The lowest BCUT2D eigenvalue weighted by Gasteiger charge is -2.34. The molecule has 138 valence electrons. The van der Waals surface area contributed by atoms with Gasteiger partial charge in [-0.1, -0.05) is 0 Å². The van der Waals surface area contributed by atoms with Crippen molar-refractivity contribution >= 4 is 11.9 Å². The van der Waals surface area contributed by atoms with Gasteiger partial charge in [-0.15, -0.1) is 0 Å². The minimum atomic E-state index is -0.145. The Balaban J connectivity index is 1.52. The molecule has 1 amide bonds. The Kier molecular flexibility index (Phi) is 5.82. The van der Waals surface area contributed by atoms with Gasteiger partial charge < -0.3 is 20.5 Å². The Bertz CT molecular complexity index is 580. The predicted octanol–water partition coefficient (Wildman–Crippen LogP) is 0.251. The first-order chi connectivity index (χ1) is 12.0. The van der Waals surface area contributed by atoms with Gasteiger partial charge in [0, 0.05) is 50.2 Å². The van der Waals surface area contributed by atoms with Gasteiger partial charge in [-0.3, -0.25) is 9.69 Å². The number of fused-ring (bicyclic) bond motifs is 1. The molecular formula is C17H27N5O3. The lowest BCUT2D eigenvalue weighted by atomic mass is 10.1. The number of carbonyl (C=O) groups is 1. The largest absolute Gasteiger partial charge is 0.396 e. The molecule has 0 spiro atoms. The maximum absolute atomic E-state index is 12.4. The van der Waals surface area contributed by atoms with Gasteiger partial charge in [0.25, 0.3) is 5.91 Å². The number of aliphatic hydroxyl groups is 1. The molecule has 3 heterocycles. The summed E-state index contributed by atoms with van der Waals surface area (Å²) in [5, 5.41) is 15.2. The summed E-state index contributed by atoms with van der Waals surface area (Å²) >= 11 is 0. The van der Waals surface area contributed by atoms with Crippen LogP contribution in [0.3, 0.4) is 0 Å². The quantitative estimate of drug-likeness (QED) is 0.677. The van der Waals surface area contributed by atoms with E-state index in [0.717, 1.165) is 19.5 Å². The van der Waals surface area contributed by atoms with Crippen molar-refractivity contribution in [2.75, 3.05) is 31.6 Å². The van der Waals surface area contributed by atoms with Crippen molar-refractivity contribution < 1.29 is 14.6 Å². The highest BCUT2D eigenvalue weighted by molar-refractivity contribution is 5.93. The summed E-state index contributed by atoms with van der Waals surface area (Å²) in [5.41, 5.74) is 0.466. The van der Waals surface area contributed by atoms with Crippen LogP contribution < -0.4 is 10.6 Å². The topological polar surface area (TPSA) is 99.6 Å². The second-order valence-electron chi connectivity index (χ2n) is 7.08. The number of carbonyl (C=O) groups excluding carboxylic acids is 1. The Hall–Kier alpha value is -1.77. The number of amides is 1. The van der Waals surface area contributed by atoms with Gasteiger partial charge >= 0.3 is 0 Å². The molecular weight excluding hydrogens is 322 g/mol. The van der Waals surface area contributed by atoms with Crippen molar-refractivity contribution in [2.45, 2.75) is 50.9 Å². The third kappa shape index (κ3) is 4.65. The average Bonchev–Trinajstić information content (AvgIpc) is 2.96. The lowest BCUT2D eigenvalue weighted by molar-refractivity contribution is -0.0566. The first kappa shape index (κ1) is 18.0. The van der Waals surface area contributed by atoms with E-state index < -0.39 is 0 Å². The molecule has 2 aliphatic heterocycles. The molecule has 2 aliphatic rings. The molecule has 0 saturated carbocycles. The van der Waals surface area contributed by atoms with E-state index in [1.165, 1.54) is 0 Å². The van der Waals surface area contributed by atoms with Crippen LogP contribution in [-0.2, 0) is 4.74 Å². The van der Waals surface area contributed by atoms with E-state index in [2.05, 4.69) is 25.5 Å². The fourth-order valence-electron chi connectivity index (χ4n) is 3.41. The fraction of sp³-hybridized carbons (Fsp3) is 0.706. The molecule has 25 heavy (non-hydrogen) atoms. The van der Waals surface area contributed by atoms with E-state index >= 15 is 0 Å². The zero-order chi connectivity index (χ0) is 17.8. The van der Waals surface area contributed by atoms with Crippen LogP contribution in [0.25, 0.3) is 0 Å². The van der Waals surface area contributed by atoms with E-state index in [4.69, 9.17) is 9.84 Å². The highest BCUT2D eigenvalue weighted by atomic mass is 16.5. The second-order valence-corrected chi connectivity index (χ2v) is 7.08. The minimum Gasteiger partial charge on any atom is -0.396 e. The van der Waals surface area contributed by atoms with Crippen LogP contribution >= 0.6 is 0 Å². The number of aromatic nitrogens is 2. The van der Waals surface area contributed by atoms with Crippen molar-refractivity contribution in [1.29, 1.82) is 0 Å². The Morgan fingerprint density at radius 3 is 2.84 bits per heavy atom. The molecule has 1 aromatic rings. The first-order valence-electron chi connectivity index (χ1n) is 8.91. The van der Waals surface area contributed by atoms with E-state index in [9.17, 15) is 4.79 Å². The molecule has 3 N–H and O–H groups in total. The number of anilines is 1. The van der Waals surface area contributed by atoms with Crippen molar-refractivity contribution in [3.8, 4) is 0 Å². The third-order valence-electron chi connectivity index (χ3n) is 4.61. The van der Waals surface area contributed by atoms with E-state index in [1.807, 2.05) is 13.8 Å². The lowest BCUT2D eigenvalue weighted by Crippen LogP contribution is -2.46. The Morgan fingerprint density at radius 2 is 2.16 bits per heavy atom. The van der Waals surface area contributed by atoms with Gasteiger partial charge in [-0.2, -0.15) is 0 Å². The average molecular weight is 349 g/mol. The van der Waals surface area contributed by atoms with Crippen LogP contribution in [0.4, 0.5) is 5.95 Å². The van der Waals surface area contributed by atoms with Crippen LogP contribution in [0.15, 0.2) is 12.4 Å². The summed E-state index contributed by atoms with van der Waals surface area (Å²) in [4.78, 5) is 23.1. The monoisotopic (exact) mass is 349 g/mol. The predicted molar refractivity (Wildman–Crippen MR) is 93.5 cm³/mol. The molecule has 2 saturated heterocycles. The number of ether oxygens (including phenoxy) is 1. The Morgan fingerprint density at radius 1 is 1.40 bits per heavy atom. The summed E-state index contributed by atoms with van der Waals surface area (Å²) in [6, 6.07) is 0.684. The van der Waals surface area contributed by atoms with Gasteiger partial charge in [0.2, 0.25) is 5.95 Å². The second kappa shape index (κ2) is 8.07. The van der Waals surface area contributed by atoms with E-state index in [1.54, 1.807) is 12.4 Å². The molecule has 8 nitrogen and oxygen atoms in total. The highest BCUT2D eigenvalue weighted by Crippen LogP contribution is 2.24. The van der Waals surface area contributed by atoms with Gasteiger partial charge in [0.15, 0.2) is 0 Å². The molecule has 0 bridgehead atoms. The number of morpholine rings is 1. The summed E-state index contributed by atoms with van der Waals surface area (Å²) < 4.78 is 5.77. The summed E-state index contributed by atoms with van der Waals surface area (Å²) in [6.07, 6.45) is 4.73. The molecule has 1 aromatic heterocycles. The standard InChI is InChI=1S/C17H27N5O3/c1-11(2)20-17-18-6-12(7-19-17)16(24)21-13-5-14-10-25-15(3-4-23)9-22(14)8-13/h6-7,11,13-15,23H,3-5,8-10H2,1-2H3,(H,21,24)(H,18,19,20)/t13-,14-,15-/m0/s1. The first-order valence-corrected chi connectivity index (χ1v) is 8.91. The van der Waals surface area contributed by atoms with E-state index in [0.29, 0.717) is 30.6 Å². The Labute approximate surface area is 148 Å². The maximum atomic E-state index is 12.4. The zero-order valence-corrected chi connectivity index (χ0v) is 14.8. The molecule has 0 radical (unpaired) electrons. The van der Waals surface area contributed by atoms with Crippen LogP contribution in [0.1, 0.15) is 37.0 Å². The summed E-state index contributed by atoms with van der Waals surface area (Å²) in [7, 11) is 0. The fourth-order valence-corrected chi connectivity index (χ4v) is 3.41. The number of rotatable bonds is 6. The van der Waals surface area contributed by atoms with Crippen molar-refractivity contribution in [3.05, 3.63) is 18.0 Å². The molecule has 8 heteroatoms. The van der Waals surface area contributed by atoms with Gasteiger partial charge in [-0.05, 0) is 26.7 Å². The van der Waals surface area contributed by atoms with Crippen LogP contribution in [0.2, 0.25) is 0 Å². The molecule has 0 aliphatic carbocycles. The smallest absolute Gasteiger partial charge is 0.254 e. The highest BCUT2D eigenvalue weighted by Gasteiger charge is 2.37. The molecule has 2 fully saturated rings. The summed E-state index contributed by atoms with van der Waals surface area (Å²) in [6.45, 7) is 6.45. The number of nitrogens with one attached hydrogen (secondary N) is 2. The number of hydrogen-bond donors (Lipinski definition) is 3. The SMILES string of the molecule is CC(C)Nc1ncc(C(=O)N[C@H]2C[C@H]3CO[C@@H](CCO)CN3C2)cn1. The van der Waals surface area contributed by atoms with Crippen LogP contribution in [-0.4, -0.2) is 76.4 Å².